The Balaban J connectivity index is 1.91. The van der Waals surface area contributed by atoms with Crippen molar-refractivity contribution in [3.63, 3.8) is 0 Å². The van der Waals surface area contributed by atoms with Crippen molar-refractivity contribution in [3.05, 3.63) is 59.9 Å². The molecule has 1 aromatic heterocycles. The van der Waals surface area contributed by atoms with Crippen molar-refractivity contribution in [2.45, 2.75) is 6.54 Å². The highest BCUT2D eigenvalue weighted by Crippen LogP contribution is 2.10. The predicted octanol–water partition coefficient (Wildman–Crippen LogP) is 1.43. The van der Waals surface area contributed by atoms with Crippen molar-refractivity contribution in [2.75, 3.05) is 17.4 Å². The standard InChI is InChI=1S/C15H17N3O3S/c1-22(20,21)11-18-14-4-2-13(3-5-14)15(19)17-10-12-6-8-16-9-7-12/h2-9,18H,10-11H2,1H3,(H,17,19). The molecule has 6 nitrogen and oxygen atoms in total. The predicted molar refractivity (Wildman–Crippen MR) is 85.2 cm³/mol. The van der Waals surface area contributed by atoms with Gasteiger partial charge in [0.1, 0.15) is 5.88 Å². The summed E-state index contributed by atoms with van der Waals surface area (Å²) in [7, 11) is -3.08. The highest BCUT2D eigenvalue weighted by molar-refractivity contribution is 7.90. The van der Waals surface area contributed by atoms with Gasteiger partial charge in [-0.15, -0.1) is 0 Å². The highest BCUT2D eigenvalue weighted by atomic mass is 32.2. The molecule has 2 N–H and O–H groups in total. The fourth-order valence-electron chi connectivity index (χ4n) is 1.74. The van der Waals surface area contributed by atoms with Gasteiger partial charge in [-0.3, -0.25) is 9.78 Å². The molecule has 0 saturated heterocycles. The van der Waals surface area contributed by atoms with Crippen LogP contribution in [-0.4, -0.2) is 31.4 Å². The van der Waals surface area contributed by atoms with E-state index < -0.39 is 9.84 Å². The van der Waals surface area contributed by atoms with Crippen molar-refractivity contribution in [3.8, 4) is 0 Å². The van der Waals surface area contributed by atoms with Crippen molar-refractivity contribution in [1.82, 2.24) is 10.3 Å². The monoisotopic (exact) mass is 319 g/mol. The third-order valence-corrected chi connectivity index (χ3v) is 3.56. The Morgan fingerprint density at radius 2 is 1.73 bits per heavy atom. The van der Waals surface area contributed by atoms with Crippen LogP contribution in [0.4, 0.5) is 5.69 Å². The van der Waals surface area contributed by atoms with Gasteiger partial charge in [-0.2, -0.15) is 0 Å². The molecule has 0 radical (unpaired) electrons. The van der Waals surface area contributed by atoms with E-state index in [1.54, 1.807) is 36.7 Å². The Kier molecular flexibility index (Phi) is 5.11. The summed E-state index contributed by atoms with van der Waals surface area (Å²) in [4.78, 5) is 15.9. The second-order valence-electron chi connectivity index (χ2n) is 4.86. The number of rotatable bonds is 6. The molecule has 116 valence electrons. The van der Waals surface area contributed by atoms with Crippen LogP contribution in [0.2, 0.25) is 0 Å². The Bertz CT molecular complexity index is 728. The van der Waals surface area contributed by atoms with Crippen molar-refractivity contribution in [1.29, 1.82) is 0 Å². The summed E-state index contributed by atoms with van der Waals surface area (Å²) in [6.45, 7) is 0.426. The zero-order chi connectivity index (χ0) is 16.0. The van der Waals surface area contributed by atoms with Crippen LogP contribution in [0.5, 0.6) is 0 Å². The first kappa shape index (κ1) is 16.0. The maximum Gasteiger partial charge on any atom is 0.251 e. The fourth-order valence-corrected chi connectivity index (χ4v) is 2.17. The first-order valence-corrected chi connectivity index (χ1v) is 8.69. The Labute approximate surface area is 129 Å². The molecule has 0 aliphatic rings. The van der Waals surface area contributed by atoms with Gasteiger partial charge in [0.2, 0.25) is 0 Å². The molecule has 0 atom stereocenters. The lowest BCUT2D eigenvalue weighted by Crippen LogP contribution is -2.22. The van der Waals surface area contributed by atoms with E-state index >= 15 is 0 Å². The van der Waals surface area contributed by atoms with E-state index in [9.17, 15) is 13.2 Å². The quantitative estimate of drug-likeness (QED) is 0.841. The van der Waals surface area contributed by atoms with Gasteiger partial charge >= 0.3 is 0 Å². The second-order valence-corrected chi connectivity index (χ2v) is 7.00. The van der Waals surface area contributed by atoms with Gasteiger partial charge < -0.3 is 10.6 Å². The lowest BCUT2D eigenvalue weighted by Gasteiger charge is -2.07. The molecular weight excluding hydrogens is 302 g/mol. The largest absolute Gasteiger partial charge is 0.372 e. The second kappa shape index (κ2) is 7.04. The number of benzene rings is 1. The fraction of sp³-hybridized carbons (Fsp3) is 0.200. The van der Waals surface area contributed by atoms with Gasteiger partial charge in [0.15, 0.2) is 9.84 Å². The number of carbonyl (C=O) groups is 1. The summed E-state index contributed by atoms with van der Waals surface area (Å²) in [6, 6.07) is 10.3. The molecule has 0 saturated carbocycles. The molecule has 0 aliphatic heterocycles. The van der Waals surface area contributed by atoms with Crippen LogP contribution in [0.1, 0.15) is 15.9 Å². The summed E-state index contributed by atoms with van der Waals surface area (Å²) in [5, 5.41) is 5.59. The van der Waals surface area contributed by atoms with Crippen LogP contribution in [0, 0.1) is 0 Å². The van der Waals surface area contributed by atoms with Crippen molar-refractivity contribution >= 4 is 21.4 Å². The zero-order valence-electron chi connectivity index (χ0n) is 12.1. The van der Waals surface area contributed by atoms with Crippen LogP contribution in [0.25, 0.3) is 0 Å². The van der Waals surface area contributed by atoms with Gasteiger partial charge in [-0.05, 0) is 42.0 Å². The molecule has 1 heterocycles. The van der Waals surface area contributed by atoms with E-state index in [1.165, 1.54) is 0 Å². The number of aromatic nitrogens is 1. The zero-order valence-corrected chi connectivity index (χ0v) is 12.9. The third kappa shape index (κ3) is 5.17. The van der Waals surface area contributed by atoms with Gasteiger partial charge in [0.05, 0.1) is 0 Å². The van der Waals surface area contributed by atoms with Gasteiger partial charge in [-0.1, -0.05) is 0 Å². The van der Waals surface area contributed by atoms with Crippen molar-refractivity contribution in [2.24, 2.45) is 0 Å². The molecule has 0 unspecified atom stereocenters. The normalized spacial score (nSPS) is 11.0. The van der Waals surface area contributed by atoms with Crippen LogP contribution in [0.15, 0.2) is 48.8 Å². The molecule has 1 aromatic carbocycles. The number of amides is 1. The number of carbonyl (C=O) groups excluding carboxylic acids is 1. The number of hydrogen-bond donors (Lipinski definition) is 2. The Morgan fingerprint density at radius 1 is 1.09 bits per heavy atom. The number of anilines is 1. The first-order chi connectivity index (χ1) is 10.4. The van der Waals surface area contributed by atoms with E-state index in [-0.39, 0.29) is 11.8 Å². The molecule has 0 aliphatic carbocycles. The molecular formula is C15H17N3O3S. The molecule has 1 amide bonds. The number of sulfone groups is 1. The average molecular weight is 319 g/mol. The van der Waals surface area contributed by atoms with Gasteiger partial charge in [0.25, 0.3) is 5.91 Å². The molecule has 2 aromatic rings. The van der Waals surface area contributed by atoms with Gasteiger partial charge in [0, 0.05) is 36.4 Å². The first-order valence-electron chi connectivity index (χ1n) is 6.63. The summed E-state index contributed by atoms with van der Waals surface area (Å²) < 4.78 is 22.1. The topological polar surface area (TPSA) is 88.2 Å². The van der Waals surface area contributed by atoms with Crippen molar-refractivity contribution < 1.29 is 13.2 Å². The summed E-state index contributed by atoms with van der Waals surface area (Å²) >= 11 is 0. The van der Waals surface area contributed by atoms with E-state index in [4.69, 9.17) is 0 Å². The lowest BCUT2D eigenvalue weighted by molar-refractivity contribution is 0.0951. The third-order valence-electron chi connectivity index (χ3n) is 2.89. The van der Waals surface area contributed by atoms with E-state index in [1.807, 2.05) is 12.1 Å². The summed E-state index contributed by atoms with van der Waals surface area (Å²) in [6.07, 6.45) is 4.49. The molecule has 0 fully saturated rings. The summed E-state index contributed by atoms with van der Waals surface area (Å²) in [5.41, 5.74) is 2.13. The smallest absolute Gasteiger partial charge is 0.251 e. The molecule has 0 bridgehead atoms. The SMILES string of the molecule is CS(=O)(=O)CNc1ccc(C(=O)NCc2ccncc2)cc1. The Morgan fingerprint density at radius 3 is 2.32 bits per heavy atom. The minimum atomic E-state index is -3.08. The van der Waals surface area contributed by atoms with Crippen LogP contribution >= 0.6 is 0 Å². The minimum absolute atomic E-state index is 0.138. The van der Waals surface area contributed by atoms with E-state index in [0.29, 0.717) is 17.8 Å². The van der Waals surface area contributed by atoms with E-state index in [2.05, 4.69) is 15.6 Å². The number of hydrogen-bond acceptors (Lipinski definition) is 5. The number of nitrogens with zero attached hydrogens (tertiary/aromatic N) is 1. The molecule has 0 spiro atoms. The molecule has 7 heteroatoms. The van der Waals surface area contributed by atoms with Gasteiger partial charge in [-0.25, -0.2) is 8.42 Å². The maximum atomic E-state index is 12.0. The average Bonchev–Trinajstić information content (AvgIpc) is 2.51. The van der Waals surface area contributed by atoms with E-state index in [0.717, 1.165) is 11.8 Å². The van der Waals surface area contributed by atoms with Crippen LogP contribution in [0.3, 0.4) is 0 Å². The minimum Gasteiger partial charge on any atom is -0.372 e. The highest BCUT2D eigenvalue weighted by Gasteiger charge is 2.06. The van der Waals surface area contributed by atoms with Crippen LogP contribution in [-0.2, 0) is 16.4 Å². The molecule has 2 rings (SSSR count). The molecule has 22 heavy (non-hydrogen) atoms. The number of nitrogens with one attached hydrogen (secondary N) is 2. The van der Waals surface area contributed by atoms with Crippen LogP contribution < -0.4 is 10.6 Å². The lowest BCUT2D eigenvalue weighted by atomic mass is 10.2. The maximum absolute atomic E-state index is 12.0. The number of pyridine rings is 1. The summed E-state index contributed by atoms with van der Waals surface area (Å²) in [5.74, 6) is -0.327. The Hall–Kier alpha value is -2.41.